The van der Waals surface area contributed by atoms with Crippen LogP contribution in [-0.2, 0) is 4.79 Å². The van der Waals surface area contributed by atoms with Gasteiger partial charge in [0.25, 0.3) is 0 Å². The maximum Gasteiger partial charge on any atom is 0.246 e. The molecule has 0 unspecified atom stereocenters. The van der Waals surface area contributed by atoms with E-state index in [1.54, 1.807) is 30.0 Å². The van der Waals surface area contributed by atoms with E-state index in [1.165, 1.54) is 6.07 Å². The predicted molar refractivity (Wildman–Crippen MR) is 77.6 cm³/mol. The number of hydrogen-bond acceptors (Lipinski definition) is 2. The first-order valence-electron chi connectivity index (χ1n) is 6.50. The second kappa shape index (κ2) is 6.75. The minimum absolute atomic E-state index is 0.0530. The molecular weight excluding hydrogens is 261 g/mol. The highest BCUT2D eigenvalue weighted by molar-refractivity contribution is 7.99. The van der Waals surface area contributed by atoms with Crippen molar-refractivity contribution in [3.63, 3.8) is 0 Å². The Morgan fingerprint density at radius 2 is 2.21 bits per heavy atom. The van der Waals surface area contributed by atoms with E-state index in [9.17, 15) is 9.18 Å². The van der Waals surface area contributed by atoms with Gasteiger partial charge in [-0.15, -0.1) is 0 Å². The lowest BCUT2D eigenvalue weighted by Crippen LogP contribution is -2.31. The van der Waals surface area contributed by atoms with Crippen LogP contribution in [0, 0.1) is 5.82 Å². The van der Waals surface area contributed by atoms with E-state index in [-0.39, 0.29) is 17.0 Å². The van der Waals surface area contributed by atoms with Gasteiger partial charge in [0, 0.05) is 29.7 Å². The summed E-state index contributed by atoms with van der Waals surface area (Å²) in [7, 11) is 0. The van der Waals surface area contributed by atoms with E-state index >= 15 is 0 Å². The molecule has 0 aliphatic carbocycles. The van der Waals surface area contributed by atoms with Crippen LogP contribution in [0.1, 0.15) is 24.2 Å². The molecule has 19 heavy (non-hydrogen) atoms. The van der Waals surface area contributed by atoms with Gasteiger partial charge >= 0.3 is 0 Å². The summed E-state index contributed by atoms with van der Waals surface area (Å²) in [6.07, 6.45) is 4.15. The third-order valence-electron chi connectivity index (χ3n) is 3.21. The molecule has 1 atom stereocenters. The van der Waals surface area contributed by atoms with E-state index in [2.05, 4.69) is 0 Å². The third-order valence-corrected chi connectivity index (χ3v) is 4.52. The van der Waals surface area contributed by atoms with Crippen molar-refractivity contribution in [2.24, 2.45) is 0 Å². The van der Waals surface area contributed by atoms with Crippen LogP contribution in [0.5, 0.6) is 0 Å². The van der Waals surface area contributed by atoms with Crippen molar-refractivity contribution in [2.75, 3.05) is 18.8 Å². The van der Waals surface area contributed by atoms with Crippen LogP contribution in [0.25, 0.3) is 0 Å². The third kappa shape index (κ3) is 3.60. The zero-order chi connectivity index (χ0) is 13.7. The number of carbonyl (C=O) groups is 1. The lowest BCUT2D eigenvalue weighted by Gasteiger charge is -2.18. The van der Waals surface area contributed by atoms with Crippen LogP contribution in [0.3, 0.4) is 0 Å². The van der Waals surface area contributed by atoms with Crippen molar-refractivity contribution in [1.29, 1.82) is 0 Å². The number of thioether (sulfide) groups is 1. The smallest absolute Gasteiger partial charge is 0.246 e. The van der Waals surface area contributed by atoms with Gasteiger partial charge in [0.1, 0.15) is 5.82 Å². The first kappa shape index (κ1) is 14.1. The summed E-state index contributed by atoms with van der Waals surface area (Å²) >= 11 is 1.73. The zero-order valence-corrected chi connectivity index (χ0v) is 11.8. The molecule has 0 N–H and O–H groups in total. The number of halogens is 1. The summed E-state index contributed by atoms with van der Waals surface area (Å²) < 4.78 is 13.8. The molecule has 1 heterocycles. The summed E-state index contributed by atoms with van der Waals surface area (Å²) in [6.45, 7) is 3.26. The second-order valence-electron chi connectivity index (χ2n) is 4.49. The molecule has 0 saturated carbocycles. The highest BCUT2D eigenvalue weighted by Gasteiger charge is 2.22. The van der Waals surface area contributed by atoms with Gasteiger partial charge in [0.15, 0.2) is 0 Å². The molecule has 0 spiro atoms. The highest BCUT2D eigenvalue weighted by atomic mass is 32.2. The van der Waals surface area contributed by atoms with Gasteiger partial charge in [0.05, 0.1) is 0 Å². The van der Waals surface area contributed by atoms with Gasteiger partial charge in [0.2, 0.25) is 5.91 Å². The molecule has 1 amide bonds. The van der Waals surface area contributed by atoms with Gasteiger partial charge in [-0.05, 0) is 25.5 Å². The topological polar surface area (TPSA) is 20.3 Å². The Hall–Kier alpha value is -1.29. The molecular formula is C15H18FNOS. The standard InChI is InChI=1S/C15H18FNOS/c1-2-5-15(18)17-9-8-14(19-11-10-17)12-6-3-4-7-13(12)16/h2-7,14H,8-11H2,1H3/b5-2+/t14-/m0/s1. The number of nitrogens with zero attached hydrogens (tertiary/aromatic N) is 1. The van der Waals surface area contributed by atoms with E-state index in [1.807, 2.05) is 24.0 Å². The molecule has 0 bridgehead atoms. The fraction of sp³-hybridized carbons (Fsp3) is 0.400. The summed E-state index contributed by atoms with van der Waals surface area (Å²) in [5, 5.41) is 0.143. The fourth-order valence-electron chi connectivity index (χ4n) is 2.22. The lowest BCUT2D eigenvalue weighted by atomic mass is 10.1. The zero-order valence-electron chi connectivity index (χ0n) is 11.0. The molecule has 0 radical (unpaired) electrons. The molecule has 1 aliphatic heterocycles. The highest BCUT2D eigenvalue weighted by Crippen LogP contribution is 2.35. The van der Waals surface area contributed by atoms with Crippen LogP contribution in [-0.4, -0.2) is 29.6 Å². The van der Waals surface area contributed by atoms with Crippen LogP contribution < -0.4 is 0 Å². The van der Waals surface area contributed by atoms with Gasteiger partial charge in [-0.3, -0.25) is 4.79 Å². The Bertz CT molecular complexity index is 475. The number of amides is 1. The minimum atomic E-state index is -0.145. The first-order valence-corrected chi connectivity index (χ1v) is 7.55. The number of carbonyl (C=O) groups excluding carboxylic acids is 1. The van der Waals surface area contributed by atoms with Gasteiger partial charge < -0.3 is 4.90 Å². The molecule has 1 fully saturated rings. The van der Waals surface area contributed by atoms with Crippen molar-refractivity contribution < 1.29 is 9.18 Å². The molecule has 1 aromatic rings. The average molecular weight is 279 g/mol. The Balaban J connectivity index is 2.05. The summed E-state index contributed by atoms with van der Waals surface area (Å²) in [4.78, 5) is 13.7. The molecule has 4 heteroatoms. The van der Waals surface area contributed by atoms with Crippen molar-refractivity contribution in [3.8, 4) is 0 Å². The Morgan fingerprint density at radius 3 is 2.95 bits per heavy atom. The SMILES string of the molecule is C/C=C/C(=O)N1CCS[C@H](c2ccccc2F)CC1. The summed E-state index contributed by atoms with van der Waals surface area (Å²) in [5.41, 5.74) is 0.757. The molecule has 0 aromatic heterocycles. The minimum Gasteiger partial charge on any atom is -0.338 e. The lowest BCUT2D eigenvalue weighted by molar-refractivity contribution is -0.125. The van der Waals surface area contributed by atoms with E-state index < -0.39 is 0 Å². The van der Waals surface area contributed by atoms with E-state index in [0.29, 0.717) is 6.54 Å². The van der Waals surface area contributed by atoms with Crippen molar-refractivity contribution >= 4 is 17.7 Å². The number of benzene rings is 1. The molecule has 1 aromatic carbocycles. The second-order valence-corrected chi connectivity index (χ2v) is 5.81. The molecule has 2 nitrogen and oxygen atoms in total. The summed E-state index contributed by atoms with van der Waals surface area (Å²) in [5.74, 6) is 0.757. The molecule has 1 saturated heterocycles. The first-order chi connectivity index (χ1) is 9.22. The maximum absolute atomic E-state index is 13.8. The normalized spacial score (nSPS) is 20.5. The van der Waals surface area contributed by atoms with Crippen LogP contribution >= 0.6 is 11.8 Å². The van der Waals surface area contributed by atoms with Gasteiger partial charge in [-0.2, -0.15) is 11.8 Å². The van der Waals surface area contributed by atoms with Crippen LogP contribution in [0.4, 0.5) is 4.39 Å². The van der Waals surface area contributed by atoms with E-state index in [0.717, 1.165) is 24.3 Å². The largest absolute Gasteiger partial charge is 0.338 e. The monoisotopic (exact) mass is 279 g/mol. The Kier molecular flexibility index (Phi) is 5.02. The number of hydrogen-bond donors (Lipinski definition) is 0. The van der Waals surface area contributed by atoms with Gasteiger partial charge in [-0.25, -0.2) is 4.39 Å². The van der Waals surface area contributed by atoms with Crippen molar-refractivity contribution in [2.45, 2.75) is 18.6 Å². The quantitative estimate of drug-likeness (QED) is 0.773. The number of rotatable bonds is 2. The maximum atomic E-state index is 13.8. The van der Waals surface area contributed by atoms with E-state index in [4.69, 9.17) is 0 Å². The number of allylic oxidation sites excluding steroid dienone is 1. The average Bonchev–Trinajstić information content (AvgIpc) is 2.65. The van der Waals surface area contributed by atoms with Crippen LogP contribution in [0.2, 0.25) is 0 Å². The fourth-order valence-corrected chi connectivity index (χ4v) is 3.48. The van der Waals surface area contributed by atoms with Crippen LogP contribution in [0.15, 0.2) is 36.4 Å². The van der Waals surface area contributed by atoms with Gasteiger partial charge in [-0.1, -0.05) is 24.3 Å². The van der Waals surface area contributed by atoms with Crippen molar-refractivity contribution in [1.82, 2.24) is 4.90 Å². The Labute approximate surface area is 117 Å². The molecule has 1 aliphatic rings. The Morgan fingerprint density at radius 1 is 1.42 bits per heavy atom. The predicted octanol–water partition coefficient (Wildman–Crippen LogP) is 3.41. The van der Waals surface area contributed by atoms with Crippen molar-refractivity contribution in [3.05, 3.63) is 47.8 Å². The molecule has 2 rings (SSSR count). The molecule has 102 valence electrons. The summed E-state index contributed by atoms with van der Waals surface area (Å²) in [6, 6.07) is 6.93.